The molecule has 32 heavy (non-hydrogen) atoms. The minimum absolute atomic E-state index is 0.467. The molecular weight excluding hydrogens is 401 g/mol. The van der Waals surface area contributed by atoms with Crippen molar-refractivity contribution in [2.45, 2.75) is 6.54 Å². The van der Waals surface area contributed by atoms with E-state index in [1.807, 2.05) is 59.4 Å². The van der Waals surface area contributed by atoms with E-state index in [4.69, 9.17) is 9.97 Å². The Hall–Kier alpha value is -4.01. The highest BCUT2D eigenvalue weighted by Gasteiger charge is 2.16. The van der Waals surface area contributed by atoms with Gasteiger partial charge in [0.05, 0.1) is 22.1 Å². The molecule has 2 aromatic carbocycles. The number of benzene rings is 2. The van der Waals surface area contributed by atoms with E-state index in [0.29, 0.717) is 12.0 Å². The lowest BCUT2D eigenvalue weighted by molar-refractivity contribution is -0.687. The van der Waals surface area contributed by atoms with Crippen molar-refractivity contribution in [2.24, 2.45) is 0 Å². The van der Waals surface area contributed by atoms with Crippen molar-refractivity contribution in [3.8, 4) is 0 Å². The van der Waals surface area contributed by atoms with Crippen LogP contribution in [0.15, 0.2) is 79.4 Å². The Morgan fingerprint density at radius 3 is 2.12 bits per heavy atom. The fourth-order valence-corrected chi connectivity index (χ4v) is 4.15. The Morgan fingerprint density at radius 2 is 1.44 bits per heavy atom. The van der Waals surface area contributed by atoms with Gasteiger partial charge in [-0.05, 0) is 29.7 Å². The molecule has 7 nitrogen and oxygen atoms in total. The van der Waals surface area contributed by atoms with E-state index >= 15 is 0 Å². The van der Waals surface area contributed by atoms with Gasteiger partial charge < -0.3 is 10.0 Å². The molecule has 0 saturated heterocycles. The minimum Gasteiger partial charge on any atom is -0.423 e. The van der Waals surface area contributed by atoms with E-state index in [1.165, 1.54) is 0 Å². The summed E-state index contributed by atoms with van der Waals surface area (Å²) >= 11 is 0. The third-order valence-electron chi connectivity index (χ3n) is 5.63. The zero-order valence-corrected chi connectivity index (χ0v) is 16.9. The van der Waals surface area contributed by atoms with Gasteiger partial charge in [-0.1, -0.05) is 24.3 Å². The summed E-state index contributed by atoms with van der Waals surface area (Å²) in [4.78, 5) is 19.0. The van der Waals surface area contributed by atoms with Crippen LogP contribution in [0.25, 0.3) is 43.9 Å². The second-order valence-electron chi connectivity index (χ2n) is 7.73. The van der Waals surface area contributed by atoms with Crippen molar-refractivity contribution in [1.29, 1.82) is 0 Å². The van der Waals surface area contributed by atoms with Gasteiger partial charge in [0.15, 0.2) is 24.5 Å². The smallest absolute Gasteiger partial charge is 0.423 e. The molecule has 0 saturated carbocycles. The number of nitrogens with zero attached hydrogens (tertiary/aromatic N) is 5. The number of hydrogen-bond donors (Lipinski definition) is 2. The maximum atomic E-state index is 9.44. The quantitative estimate of drug-likeness (QED) is 0.197. The molecule has 0 fully saturated rings. The summed E-state index contributed by atoms with van der Waals surface area (Å²) in [6.07, 6.45) is 7.44. The van der Waals surface area contributed by atoms with Crippen molar-refractivity contribution < 1.29 is 14.6 Å². The van der Waals surface area contributed by atoms with Crippen LogP contribution in [-0.4, -0.2) is 37.1 Å². The summed E-state index contributed by atoms with van der Waals surface area (Å²) < 4.78 is 2.01. The molecule has 4 aromatic heterocycles. The molecule has 0 radical (unpaired) electrons. The zero-order chi connectivity index (χ0) is 21.7. The van der Waals surface area contributed by atoms with Crippen molar-refractivity contribution in [3.63, 3.8) is 0 Å². The third kappa shape index (κ3) is 3.05. The summed E-state index contributed by atoms with van der Waals surface area (Å²) in [5.74, 6) is 0. The first kappa shape index (κ1) is 18.7. The van der Waals surface area contributed by atoms with Crippen LogP contribution in [-0.2, 0) is 6.54 Å². The monoisotopic (exact) mass is 418 g/mol. The first-order valence-corrected chi connectivity index (χ1v) is 10.2. The number of fused-ring (bicyclic) bond motifs is 7. The van der Waals surface area contributed by atoms with Crippen LogP contribution in [0.3, 0.4) is 0 Å². The fraction of sp³-hybridized carbons (Fsp3) is 0.0417. The van der Waals surface area contributed by atoms with Crippen LogP contribution in [0.2, 0.25) is 0 Å². The molecule has 6 aromatic rings. The van der Waals surface area contributed by atoms with E-state index in [2.05, 4.69) is 9.97 Å². The largest absolute Gasteiger partial charge is 0.488 e. The highest BCUT2D eigenvalue weighted by atomic mass is 16.4. The van der Waals surface area contributed by atoms with Gasteiger partial charge in [0.2, 0.25) is 0 Å². The number of aromatic nitrogens is 5. The molecular formula is C24H17BN5O2+. The summed E-state index contributed by atoms with van der Waals surface area (Å²) in [6, 6.07) is 17.0. The second-order valence-corrected chi connectivity index (χ2v) is 7.73. The van der Waals surface area contributed by atoms with E-state index in [1.54, 1.807) is 24.5 Å². The Balaban J connectivity index is 1.55. The Kier molecular flexibility index (Phi) is 4.27. The molecule has 0 bridgehead atoms. The average molecular weight is 418 g/mol. The molecule has 0 aliphatic heterocycles. The van der Waals surface area contributed by atoms with Gasteiger partial charge >= 0.3 is 7.12 Å². The molecule has 0 unspecified atom stereocenters. The molecule has 0 atom stereocenters. The van der Waals surface area contributed by atoms with E-state index in [9.17, 15) is 10.0 Å². The van der Waals surface area contributed by atoms with Crippen LogP contribution >= 0.6 is 0 Å². The Bertz CT molecular complexity index is 1650. The molecule has 0 aliphatic rings. The zero-order valence-electron chi connectivity index (χ0n) is 16.9. The van der Waals surface area contributed by atoms with Gasteiger partial charge in [-0.2, -0.15) is 4.57 Å². The van der Waals surface area contributed by atoms with Gasteiger partial charge in [0.25, 0.3) is 0 Å². The molecule has 152 valence electrons. The summed E-state index contributed by atoms with van der Waals surface area (Å²) in [7, 11) is -1.49. The summed E-state index contributed by atoms with van der Waals surface area (Å²) in [5.41, 5.74) is 6.23. The lowest BCUT2D eigenvalue weighted by atomic mass is 9.79. The predicted molar refractivity (Wildman–Crippen MR) is 123 cm³/mol. The van der Waals surface area contributed by atoms with Gasteiger partial charge in [-0.25, -0.2) is 9.97 Å². The van der Waals surface area contributed by atoms with Gasteiger partial charge in [0.1, 0.15) is 5.52 Å². The molecule has 0 spiro atoms. The van der Waals surface area contributed by atoms with Crippen LogP contribution in [0.4, 0.5) is 0 Å². The lowest BCUT2D eigenvalue weighted by Gasteiger charge is -2.08. The fourth-order valence-electron chi connectivity index (χ4n) is 4.15. The van der Waals surface area contributed by atoms with Crippen molar-refractivity contribution in [2.75, 3.05) is 0 Å². The summed E-state index contributed by atoms with van der Waals surface area (Å²) in [6.45, 7) is 0.570. The van der Waals surface area contributed by atoms with Crippen LogP contribution in [0.5, 0.6) is 0 Å². The number of pyridine rings is 3. The summed E-state index contributed by atoms with van der Waals surface area (Å²) in [5, 5.41) is 20.7. The van der Waals surface area contributed by atoms with E-state index < -0.39 is 7.12 Å². The maximum Gasteiger partial charge on any atom is 0.488 e. The van der Waals surface area contributed by atoms with Gasteiger partial charge in [-0.15, -0.1) is 0 Å². The van der Waals surface area contributed by atoms with Crippen molar-refractivity contribution >= 4 is 56.5 Å². The minimum atomic E-state index is -1.49. The van der Waals surface area contributed by atoms with Crippen molar-refractivity contribution in [3.05, 3.63) is 84.9 Å². The highest BCUT2D eigenvalue weighted by molar-refractivity contribution is 6.58. The second kappa shape index (κ2) is 7.30. The first-order valence-electron chi connectivity index (χ1n) is 10.2. The lowest BCUT2D eigenvalue weighted by Crippen LogP contribution is -2.35. The maximum absolute atomic E-state index is 9.44. The Labute approximate surface area is 182 Å². The normalized spacial score (nSPS) is 11.6. The van der Waals surface area contributed by atoms with Gasteiger partial charge in [-0.3, -0.25) is 9.97 Å². The molecule has 2 N–H and O–H groups in total. The van der Waals surface area contributed by atoms with E-state index in [0.717, 1.165) is 49.4 Å². The number of hydrogen-bond acceptors (Lipinski definition) is 6. The predicted octanol–water partition coefficient (Wildman–Crippen LogP) is 1.89. The van der Waals surface area contributed by atoms with Crippen LogP contribution < -0.4 is 10.0 Å². The SMILES string of the molecule is OB(O)c1cccc(C[n+]2ccc3nc4c5cccnc5c5ncccc5c4nc3c2)c1. The Morgan fingerprint density at radius 1 is 0.750 bits per heavy atom. The van der Waals surface area contributed by atoms with E-state index in [-0.39, 0.29) is 0 Å². The highest BCUT2D eigenvalue weighted by Crippen LogP contribution is 2.31. The number of rotatable bonds is 3. The molecule has 4 heterocycles. The van der Waals surface area contributed by atoms with Crippen LogP contribution in [0.1, 0.15) is 5.56 Å². The molecule has 0 amide bonds. The van der Waals surface area contributed by atoms with Crippen molar-refractivity contribution in [1.82, 2.24) is 19.9 Å². The molecule has 0 aliphatic carbocycles. The third-order valence-corrected chi connectivity index (χ3v) is 5.63. The topological polar surface area (TPSA) is 95.9 Å². The first-order chi connectivity index (χ1) is 15.7. The van der Waals surface area contributed by atoms with Gasteiger partial charge in [0, 0.05) is 34.8 Å². The molecule has 8 heteroatoms. The van der Waals surface area contributed by atoms with Crippen LogP contribution in [0, 0.1) is 0 Å². The standard InChI is InChI=1S/C24H17BN5O2/c31-25(32)16-5-1-4-15(12-16)13-30-11-8-19-20(14-30)29-24-18-7-3-10-27-22(18)21-17(23(24)28-19)6-2-9-26-21/h1-12,14,31-32H,13H2/q+1. The molecule has 6 rings (SSSR count). The average Bonchev–Trinajstić information content (AvgIpc) is 2.83.